The van der Waals surface area contributed by atoms with Gasteiger partial charge in [-0.3, -0.25) is 9.79 Å². The Labute approximate surface area is 194 Å². The molecule has 2 aromatic carbocycles. The molecule has 2 aromatic rings. The summed E-state index contributed by atoms with van der Waals surface area (Å²) in [6.45, 7) is 1.51. The van der Waals surface area contributed by atoms with E-state index in [4.69, 9.17) is 14.2 Å². The van der Waals surface area contributed by atoms with Crippen molar-refractivity contribution in [1.82, 2.24) is 16.0 Å². The Morgan fingerprint density at radius 3 is 2.03 bits per heavy atom. The maximum absolute atomic E-state index is 12.0. The Hall–Kier alpha value is -2.69. The zero-order valence-corrected chi connectivity index (χ0v) is 20.0. The Balaban J connectivity index is 0.00000450. The molecule has 0 aliphatic rings. The Bertz CT molecular complexity index is 806. The van der Waals surface area contributed by atoms with Crippen molar-refractivity contribution in [3.8, 4) is 17.2 Å². The van der Waals surface area contributed by atoms with Crippen LogP contribution in [-0.4, -0.2) is 53.3 Å². The fourth-order valence-electron chi connectivity index (χ4n) is 2.69. The molecule has 0 spiro atoms. The minimum Gasteiger partial charge on any atom is -0.493 e. The summed E-state index contributed by atoms with van der Waals surface area (Å²) in [4.78, 5) is 16.2. The highest BCUT2D eigenvalue weighted by molar-refractivity contribution is 14.0. The van der Waals surface area contributed by atoms with Crippen LogP contribution in [0.1, 0.15) is 15.9 Å². The number of carbonyl (C=O) groups is 1. The topological polar surface area (TPSA) is 93.2 Å². The van der Waals surface area contributed by atoms with Crippen molar-refractivity contribution < 1.29 is 19.0 Å². The molecule has 2 rings (SSSR count). The number of benzene rings is 2. The van der Waals surface area contributed by atoms with Gasteiger partial charge in [0.15, 0.2) is 17.5 Å². The van der Waals surface area contributed by atoms with Gasteiger partial charge in [-0.05, 0) is 29.8 Å². The quantitative estimate of drug-likeness (QED) is 0.201. The van der Waals surface area contributed by atoms with E-state index >= 15 is 0 Å². The van der Waals surface area contributed by atoms with Gasteiger partial charge in [0.2, 0.25) is 5.75 Å². The summed E-state index contributed by atoms with van der Waals surface area (Å²) in [6, 6.07) is 12.9. The van der Waals surface area contributed by atoms with E-state index in [0.29, 0.717) is 48.4 Å². The van der Waals surface area contributed by atoms with Crippen molar-refractivity contribution in [1.29, 1.82) is 0 Å². The number of methoxy groups -OCH3 is 3. The van der Waals surface area contributed by atoms with Crippen molar-refractivity contribution >= 4 is 35.8 Å². The molecule has 0 unspecified atom stereocenters. The minimum atomic E-state index is -0.104. The van der Waals surface area contributed by atoms with Gasteiger partial charge in [0.05, 0.1) is 21.3 Å². The number of ether oxygens (including phenoxy) is 3. The predicted octanol–water partition coefficient (Wildman–Crippen LogP) is 2.43. The minimum absolute atomic E-state index is 0. The molecule has 0 atom stereocenters. The summed E-state index contributed by atoms with van der Waals surface area (Å²) in [6.07, 6.45) is 0. The van der Waals surface area contributed by atoms with Gasteiger partial charge in [-0.1, -0.05) is 18.2 Å². The number of nitrogens with one attached hydrogen (secondary N) is 3. The smallest absolute Gasteiger partial charge is 0.251 e. The molecule has 0 heterocycles. The van der Waals surface area contributed by atoms with Gasteiger partial charge in [0, 0.05) is 32.2 Å². The first-order valence-electron chi connectivity index (χ1n) is 9.19. The van der Waals surface area contributed by atoms with Crippen LogP contribution >= 0.6 is 24.0 Å². The predicted molar refractivity (Wildman–Crippen MR) is 128 cm³/mol. The zero-order chi connectivity index (χ0) is 21.1. The third-order valence-electron chi connectivity index (χ3n) is 4.15. The first kappa shape index (κ1) is 25.3. The van der Waals surface area contributed by atoms with E-state index < -0.39 is 0 Å². The molecule has 0 aliphatic heterocycles. The summed E-state index contributed by atoms with van der Waals surface area (Å²) >= 11 is 0. The lowest BCUT2D eigenvalue weighted by atomic mass is 10.2. The maximum atomic E-state index is 12.0. The SMILES string of the molecule is CN=C(NCCNC(=O)c1ccccc1)NCc1cc(OC)c(OC)c(OC)c1.I. The number of guanidine groups is 1. The summed E-state index contributed by atoms with van der Waals surface area (Å²) in [5.41, 5.74) is 1.58. The van der Waals surface area contributed by atoms with Crippen LogP contribution in [-0.2, 0) is 6.54 Å². The maximum Gasteiger partial charge on any atom is 0.251 e. The average molecular weight is 528 g/mol. The van der Waals surface area contributed by atoms with Crippen molar-refractivity contribution in [2.75, 3.05) is 41.5 Å². The second kappa shape index (κ2) is 13.5. The van der Waals surface area contributed by atoms with Gasteiger partial charge in [-0.2, -0.15) is 0 Å². The molecule has 0 fully saturated rings. The van der Waals surface area contributed by atoms with E-state index in [-0.39, 0.29) is 29.9 Å². The van der Waals surface area contributed by atoms with Gasteiger partial charge in [0.1, 0.15) is 0 Å². The number of rotatable bonds is 9. The molecule has 0 aromatic heterocycles. The van der Waals surface area contributed by atoms with Crippen molar-refractivity contribution in [2.24, 2.45) is 4.99 Å². The highest BCUT2D eigenvalue weighted by Gasteiger charge is 2.13. The molecule has 3 N–H and O–H groups in total. The molecule has 9 heteroatoms. The molecule has 0 saturated heterocycles. The number of halogens is 1. The summed E-state index contributed by atoms with van der Waals surface area (Å²) in [5, 5.41) is 9.25. The van der Waals surface area contributed by atoms with E-state index in [1.54, 1.807) is 40.5 Å². The molecule has 8 nitrogen and oxygen atoms in total. The monoisotopic (exact) mass is 528 g/mol. The average Bonchev–Trinajstić information content (AvgIpc) is 2.78. The number of hydrogen-bond acceptors (Lipinski definition) is 5. The van der Waals surface area contributed by atoms with E-state index in [1.165, 1.54) is 0 Å². The van der Waals surface area contributed by atoms with Crippen LogP contribution in [0.3, 0.4) is 0 Å². The first-order valence-corrected chi connectivity index (χ1v) is 9.19. The molecule has 30 heavy (non-hydrogen) atoms. The molecule has 0 saturated carbocycles. The molecule has 1 amide bonds. The largest absolute Gasteiger partial charge is 0.493 e. The lowest BCUT2D eigenvalue weighted by Crippen LogP contribution is -2.41. The van der Waals surface area contributed by atoms with Gasteiger partial charge >= 0.3 is 0 Å². The summed E-state index contributed by atoms with van der Waals surface area (Å²) in [5.74, 6) is 2.25. The van der Waals surface area contributed by atoms with Gasteiger partial charge in [-0.15, -0.1) is 24.0 Å². The van der Waals surface area contributed by atoms with Crippen LogP contribution in [0.2, 0.25) is 0 Å². The zero-order valence-electron chi connectivity index (χ0n) is 17.7. The molecule has 0 aliphatic carbocycles. The Morgan fingerprint density at radius 2 is 1.50 bits per heavy atom. The molecular formula is C21H29IN4O4. The van der Waals surface area contributed by atoms with Crippen molar-refractivity contribution in [3.63, 3.8) is 0 Å². The number of carbonyl (C=O) groups excluding carboxylic acids is 1. The number of aliphatic imine (C=N–C) groups is 1. The van der Waals surface area contributed by atoms with Crippen LogP contribution in [0, 0.1) is 0 Å². The fraction of sp³-hybridized carbons (Fsp3) is 0.333. The highest BCUT2D eigenvalue weighted by atomic mass is 127. The first-order chi connectivity index (χ1) is 14.1. The molecule has 164 valence electrons. The van der Waals surface area contributed by atoms with E-state index in [1.807, 2.05) is 30.3 Å². The Kier molecular flexibility index (Phi) is 11.4. The van der Waals surface area contributed by atoms with E-state index in [2.05, 4.69) is 20.9 Å². The van der Waals surface area contributed by atoms with Crippen molar-refractivity contribution in [3.05, 3.63) is 53.6 Å². The second-order valence-corrected chi connectivity index (χ2v) is 6.01. The highest BCUT2D eigenvalue weighted by Crippen LogP contribution is 2.38. The second-order valence-electron chi connectivity index (χ2n) is 6.01. The molecule has 0 bridgehead atoms. The molecule has 0 radical (unpaired) electrons. The summed E-state index contributed by atoms with van der Waals surface area (Å²) < 4.78 is 16.1. The lowest BCUT2D eigenvalue weighted by Gasteiger charge is -2.16. The van der Waals surface area contributed by atoms with Crippen LogP contribution in [0.4, 0.5) is 0 Å². The van der Waals surface area contributed by atoms with E-state index in [9.17, 15) is 4.79 Å². The fourth-order valence-corrected chi connectivity index (χ4v) is 2.69. The lowest BCUT2D eigenvalue weighted by molar-refractivity contribution is 0.0954. The number of amides is 1. The van der Waals surface area contributed by atoms with Crippen LogP contribution in [0.15, 0.2) is 47.5 Å². The van der Waals surface area contributed by atoms with Crippen LogP contribution < -0.4 is 30.2 Å². The van der Waals surface area contributed by atoms with Gasteiger partial charge in [-0.25, -0.2) is 0 Å². The standard InChI is InChI=1S/C21H28N4O4.HI/c1-22-21(24-11-10-23-20(26)16-8-6-5-7-9-16)25-14-15-12-17(27-2)19(29-4)18(13-15)28-3;/h5-9,12-13H,10-11,14H2,1-4H3,(H,23,26)(H2,22,24,25);1H. The number of hydrogen-bond donors (Lipinski definition) is 3. The van der Waals surface area contributed by atoms with Crippen LogP contribution in [0.5, 0.6) is 17.2 Å². The number of nitrogens with zero attached hydrogens (tertiary/aromatic N) is 1. The summed E-state index contributed by atoms with van der Waals surface area (Å²) in [7, 11) is 6.42. The van der Waals surface area contributed by atoms with Crippen molar-refractivity contribution in [2.45, 2.75) is 6.54 Å². The van der Waals surface area contributed by atoms with Crippen LogP contribution in [0.25, 0.3) is 0 Å². The van der Waals surface area contributed by atoms with Gasteiger partial charge in [0.25, 0.3) is 5.91 Å². The third-order valence-corrected chi connectivity index (χ3v) is 4.15. The normalized spacial score (nSPS) is 10.5. The Morgan fingerprint density at radius 1 is 0.900 bits per heavy atom. The van der Waals surface area contributed by atoms with Gasteiger partial charge < -0.3 is 30.2 Å². The third kappa shape index (κ3) is 7.29. The molecular weight excluding hydrogens is 499 g/mol. The van der Waals surface area contributed by atoms with E-state index in [0.717, 1.165) is 5.56 Å².